The first kappa shape index (κ1) is 15.5. The molecule has 0 spiro atoms. The Morgan fingerprint density at radius 3 is 2.63 bits per heavy atom. The number of rotatable bonds is 7. The molecule has 0 radical (unpaired) electrons. The summed E-state index contributed by atoms with van der Waals surface area (Å²) in [6.45, 7) is 1.83. The SMILES string of the molecule is CC(C)CCc1c(C(N)=O)nnn1CC(F)(F)CO. The molecule has 0 aliphatic heterocycles. The van der Waals surface area contributed by atoms with Crippen LogP contribution in [0, 0.1) is 5.92 Å². The van der Waals surface area contributed by atoms with Crippen molar-refractivity contribution >= 4 is 5.91 Å². The summed E-state index contributed by atoms with van der Waals surface area (Å²) in [7, 11) is 0. The van der Waals surface area contributed by atoms with Crippen LogP contribution in [-0.2, 0) is 13.0 Å². The van der Waals surface area contributed by atoms with Crippen molar-refractivity contribution in [1.82, 2.24) is 15.0 Å². The van der Waals surface area contributed by atoms with E-state index in [9.17, 15) is 13.6 Å². The minimum absolute atomic E-state index is 0.0885. The third-order valence-corrected chi connectivity index (χ3v) is 2.64. The number of halogens is 2. The molecule has 0 fully saturated rings. The predicted octanol–water partition coefficient (Wildman–Crippen LogP) is 0.593. The summed E-state index contributed by atoms with van der Waals surface area (Å²) >= 11 is 0. The number of aliphatic hydroxyl groups excluding tert-OH is 1. The summed E-state index contributed by atoms with van der Waals surface area (Å²) in [5.74, 6) is -3.77. The number of primary amides is 1. The molecule has 1 heterocycles. The predicted molar refractivity (Wildman–Crippen MR) is 63.7 cm³/mol. The zero-order chi connectivity index (χ0) is 14.6. The molecule has 0 saturated carbocycles. The minimum Gasteiger partial charge on any atom is -0.390 e. The van der Waals surface area contributed by atoms with Crippen LogP contribution in [0.3, 0.4) is 0 Å². The second-order valence-corrected chi connectivity index (χ2v) is 4.85. The van der Waals surface area contributed by atoms with Crippen molar-refractivity contribution in [3.05, 3.63) is 11.4 Å². The number of carbonyl (C=O) groups is 1. The number of nitrogens with zero attached hydrogens (tertiary/aromatic N) is 3. The Kier molecular flexibility index (Phi) is 4.93. The van der Waals surface area contributed by atoms with Gasteiger partial charge in [-0.2, -0.15) is 0 Å². The van der Waals surface area contributed by atoms with Gasteiger partial charge in [0.25, 0.3) is 11.8 Å². The topological polar surface area (TPSA) is 94.0 Å². The van der Waals surface area contributed by atoms with Gasteiger partial charge in [0.1, 0.15) is 13.2 Å². The maximum absolute atomic E-state index is 13.2. The van der Waals surface area contributed by atoms with Crippen LogP contribution in [0.15, 0.2) is 0 Å². The number of alkyl halides is 2. The zero-order valence-electron chi connectivity index (χ0n) is 10.9. The largest absolute Gasteiger partial charge is 0.390 e. The number of nitrogens with two attached hydrogens (primary N) is 1. The third kappa shape index (κ3) is 4.23. The molecular formula is C11H18F2N4O2. The first-order valence-electron chi connectivity index (χ1n) is 5.97. The first-order chi connectivity index (χ1) is 8.76. The Morgan fingerprint density at radius 1 is 1.53 bits per heavy atom. The van der Waals surface area contributed by atoms with Gasteiger partial charge in [-0.3, -0.25) is 4.79 Å². The monoisotopic (exact) mass is 276 g/mol. The molecule has 0 atom stereocenters. The smallest absolute Gasteiger partial charge is 0.289 e. The number of amides is 1. The summed E-state index contributed by atoms with van der Waals surface area (Å²) in [6.07, 6.45) is 1.07. The lowest BCUT2D eigenvalue weighted by molar-refractivity contribution is -0.0660. The van der Waals surface area contributed by atoms with Gasteiger partial charge in [0.15, 0.2) is 5.69 Å². The van der Waals surface area contributed by atoms with Crippen LogP contribution in [0.5, 0.6) is 0 Å². The van der Waals surface area contributed by atoms with Crippen LogP contribution in [0.1, 0.15) is 36.5 Å². The summed E-state index contributed by atoms with van der Waals surface area (Å²) < 4.78 is 27.3. The van der Waals surface area contributed by atoms with Gasteiger partial charge >= 0.3 is 0 Å². The van der Waals surface area contributed by atoms with E-state index in [-0.39, 0.29) is 11.4 Å². The normalized spacial score (nSPS) is 12.1. The Bertz CT molecular complexity index is 446. The summed E-state index contributed by atoms with van der Waals surface area (Å²) in [6, 6.07) is 0. The highest BCUT2D eigenvalue weighted by molar-refractivity contribution is 5.91. The lowest BCUT2D eigenvalue weighted by Crippen LogP contribution is -2.30. The fourth-order valence-electron chi connectivity index (χ4n) is 1.59. The van der Waals surface area contributed by atoms with E-state index in [2.05, 4.69) is 10.3 Å². The molecule has 1 amide bonds. The number of aliphatic hydroxyl groups is 1. The molecule has 0 aromatic carbocycles. The number of carbonyl (C=O) groups excluding carboxylic acids is 1. The summed E-state index contributed by atoms with van der Waals surface area (Å²) in [5, 5.41) is 15.6. The van der Waals surface area contributed by atoms with Gasteiger partial charge in [-0.25, -0.2) is 13.5 Å². The second-order valence-electron chi connectivity index (χ2n) is 4.85. The van der Waals surface area contributed by atoms with Crippen molar-refractivity contribution in [3.63, 3.8) is 0 Å². The summed E-state index contributed by atoms with van der Waals surface area (Å²) in [5.41, 5.74) is 5.34. The highest BCUT2D eigenvalue weighted by Gasteiger charge is 2.31. The zero-order valence-corrected chi connectivity index (χ0v) is 10.9. The van der Waals surface area contributed by atoms with Crippen molar-refractivity contribution in [3.8, 4) is 0 Å². The van der Waals surface area contributed by atoms with E-state index < -0.39 is 25.0 Å². The van der Waals surface area contributed by atoms with Gasteiger partial charge < -0.3 is 10.8 Å². The Morgan fingerprint density at radius 2 is 2.16 bits per heavy atom. The van der Waals surface area contributed by atoms with E-state index in [0.717, 1.165) is 4.68 Å². The molecule has 19 heavy (non-hydrogen) atoms. The van der Waals surface area contributed by atoms with Crippen LogP contribution in [0.25, 0.3) is 0 Å². The van der Waals surface area contributed by atoms with E-state index >= 15 is 0 Å². The number of aromatic nitrogens is 3. The second kappa shape index (κ2) is 6.05. The molecule has 0 aliphatic carbocycles. The van der Waals surface area contributed by atoms with E-state index in [1.54, 1.807) is 0 Å². The molecule has 8 heteroatoms. The Balaban J connectivity index is 3.00. The molecule has 1 aromatic heterocycles. The maximum atomic E-state index is 13.2. The van der Waals surface area contributed by atoms with Crippen molar-refractivity contribution < 1.29 is 18.7 Å². The van der Waals surface area contributed by atoms with Crippen LogP contribution in [0.4, 0.5) is 8.78 Å². The van der Waals surface area contributed by atoms with Gasteiger partial charge in [-0.05, 0) is 18.8 Å². The van der Waals surface area contributed by atoms with Gasteiger partial charge in [-0.1, -0.05) is 19.1 Å². The number of hydrogen-bond donors (Lipinski definition) is 2. The van der Waals surface area contributed by atoms with Gasteiger partial charge in [0, 0.05) is 0 Å². The quantitative estimate of drug-likeness (QED) is 0.762. The molecule has 0 bridgehead atoms. The van der Waals surface area contributed by atoms with Crippen molar-refractivity contribution in [2.45, 2.75) is 39.2 Å². The average molecular weight is 276 g/mol. The molecule has 1 rings (SSSR count). The standard InChI is InChI=1S/C11H18F2N4O2/c1-7(2)3-4-8-9(10(14)19)15-16-17(8)5-11(12,13)6-18/h7,18H,3-6H2,1-2H3,(H2,14,19). The van der Waals surface area contributed by atoms with Gasteiger partial charge in [-0.15, -0.1) is 5.10 Å². The summed E-state index contributed by atoms with van der Waals surface area (Å²) in [4.78, 5) is 11.2. The maximum Gasteiger partial charge on any atom is 0.289 e. The molecule has 0 unspecified atom stereocenters. The fourth-order valence-corrected chi connectivity index (χ4v) is 1.59. The minimum atomic E-state index is -3.31. The molecule has 108 valence electrons. The third-order valence-electron chi connectivity index (χ3n) is 2.64. The average Bonchev–Trinajstić information content (AvgIpc) is 2.68. The van der Waals surface area contributed by atoms with E-state index in [0.29, 0.717) is 18.8 Å². The molecule has 3 N–H and O–H groups in total. The van der Waals surface area contributed by atoms with E-state index in [1.807, 2.05) is 13.8 Å². The lowest BCUT2D eigenvalue weighted by Gasteiger charge is -2.15. The van der Waals surface area contributed by atoms with Crippen LogP contribution in [0.2, 0.25) is 0 Å². The van der Waals surface area contributed by atoms with Crippen molar-refractivity contribution in [2.24, 2.45) is 11.7 Å². The molecular weight excluding hydrogens is 258 g/mol. The Hall–Kier alpha value is -1.57. The van der Waals surface area contributed by atoms with Crippen LogP contribution in [-0.4, -0.2) is 38.5 Å². The Labute approximate surface area is 109 Å². The van der Waals surface area contributed by atoms with Crippen LogP contribution >= 0.6 is 0 Å². The van der Waals surface area contributed by atoms with Gasteiger partial charge in [0.05, 0.1) is 5.69 Å². The highest BCUT2D eigenvalue weighted by atomic mass is 19.3. The highest BCUT2D eigenvalue weighted by Crippen LogP contribution is 2.18. The molecule has 6 nitrogen and oxygen atoms in total. The number of hydrogen-bond acceptors (Lipinski definition) is 4. The van der Waals surface area contributed by atoms with Crippen molar-refractivity contribution in [2.75, 3.05) is 6.61 Å². The first-order valence-corrected chi connectivity index (χ1v) is 5.97. The van der Waals surface area contributed by atoms with Crippen molar-refractivity contribution in [1.29, 1.82) is 0 Å². The molecule has 0 aliphatic rings. The fraction of sp³-hybridized carbons (Fsp3) is 0.727. The van der Waals surface area contributed by atoms with E-state index in [4.69, 9.17) is 10.8 Å². The molecule has 1 aromatic rings. The van der Waals surface area contributed by atoms with E-state index in [1.165, 1.54) is 0 Å². The molecule has 0 saturated heterocycles. The van der Waals surface area contributed by atoms with Gasteiger partial charge in [0.2, 0.25) is 0 Å². The lowest BCUT2D eigenvalue weighted by atomic mass is 10.1. The van der Waals surface area contributed by atoms with Crippen LogP contribution < -0.4 is 5.73 Å².